The lowest BCUT2D eigenvalue weighted by Gasteiger charge is -2.24. The number of hydrogen-bond acceptors (Lipinski definition) is 3. The molecular formula is C22H23FI2N2O2. The lowest BCUT2D eigenvalue weighted by atomic mass is 9.87. The number of alkyl halides is 3. The molecule has 2 aromatic rings. The van der Waals surface area contributed by atoms with Crippen molar-refractivity contribution in [3.05, 3.63) is 64.2 Å². The Kier molecular flexibility index (Phi) is 6.36. The van der Waals surface area contributed by atoms with E-state index in [0.29, 0.717) is 24.8 Å². The van der Waals surface area contributed by atoms with E-state index in [4.69, 9.17) is 4.74 Å². The average molecular weight is 620 g/mol. The topological polar surface area (TPSA) is 41.6 Å². The second kappa shape index (κ2) is 8.66. The Balaban J connectivity index is 1.48. The van der Waals surface area contributed by atoms with Gasteiger partial charge in [0.05, 0.1) is 0 Å². The lowest BCUT2D eigenvalue weighted by molar-refractivity contribution is 0.0766. The van der Waals surface area contributed by atoms with Gasteiger partial charge in [0, 0.05) is 63.8 Å². The Morgan fingerprint density at radius 2 is 1.90 bits per heavy atom. The molecule has 2 aliphatic rings. The summed E-state index contributed by atoms with van der Waals surface area (Å²) in [5.41, 5.74) is 5.45. The first-order chi connectivity index (χ1) is 13.8. The first-order valence-corrected chi connectivity index (χ1v) is 11.9. The van der Waals surface area contributed by atoms with E-state index in [1.165, 1.54) is 5.56 Å². The summed E-state index contributed by atoms with van der Waals surface area (Å²) in [5.74, 6) is 1.14. The van der Waals surface area contributed by atoms with E-state index < -0.39 is 1.87 Å². The number of carbonyl (C=O) groups excluding carboxylic acids is 1. The Labute approximate surface area is 197 Å². The van der Waals surface area contributed by atoms with E-state index in [9.17, 15) is 9.18 Å². The highest BCUT2D eigenvalue weighted by atomic mass is 127. The molecule has 2 aromatic carbocycles. The van der Waals surface area contributed by atoms with Gasteiger partial charge in [0.2, 0.25) is 0 Å². The number of halogens is 3. The number of amides is 1. The molecule has 0 aliphatic carbocycles. The number of benzene rings is 2. The molecule has 4 nitrogen and oxygen atoms in total. The van der Waals surface area contributed by atoms with Crippen LogP contribution in [0.2, 0.25) is 0 Å². The predicted octanol–water partition coefficient (Wildman–Crippen LogP) is 5.45. The summed E-state index contributed by atoms with van der Waals surface area (Å²) in [6, 6.07) is 11.7. The molecule has 2 aliphatic heterocycles. The molecule has 0 aromatic heterocycles. The third kappa shape index (κ3) is 5.04. The van der Waals surface area contributed by atoms with E-state index >= 15 is 0 Å². The number of fused-ring (bicyclic) bond motifs is 1. The van der Waals surface area contributed by atoms with Crippen LogP contribution in [0.1, 0.15) is 51.4 Å². The molecule has 4 rings (SSSR count). The molecule has 0 radical (unpaired) electrons. The molecule has 0 spiro atoms. The Morgan fingerprint density at radius 1 is 1.21 bits per heavy atom. The van der Waals surface area contributed by atoms with Crippen molar-refractivity contribution in [3.8, 4) is 5.75 Å². The van der Waals surface area contributed by atoms with Gasteiger partial charge in [0.15, 0.2) is 0 Å². The number of carbonyl (C=O) groups is 1. The highest BCUT2D eigenvalue weighted by Crippen LogP contribution is 2.35. The number of nitrogens with one attached hydrogen (secondary N) is 1. The third-order valence-electron chi connectivity index (χ3n) is 5.64. The number of rotatable bonds is 5. The SMILES string of the molecule is Cc1cc(C2CCNCC2)cc2c1C(=O)N(Cc1ccc(OC(F)(I)I)cc1)C2. The van der Waals surface area contributed by atoms with E-state index in [2.05, 4.69) is 17.4 Å². The molecule has 29 heavy (non-hydrogen) atoms. The lowest BCUT2D eigenvalue weighted by Crippen LogP contribution is -2.26. The highest BCUT2D eigenvalue weighted by molar-refractivity contribution is 14.2. The minimum absolute atomic E-state index is 0.0944. The molecule has 0 bridgehead atoms. The van der Waals surface area contributed by atoms with Crippen molar-refractivity contribution < 1.29 is 13.9 Å². The normalized spacial score (nSPS) is 17.5. The van der Waals surface area contributed by atoms with Crippen LogP contribution >= 0.6 is 45.2 Å². The maximum Gasteiger partial charge on any atom is 0.350 e. The number of aryl methyl sites for hydroxylation is 1. The van der Waals surface area contributed by atoms with Crippen LogP contribution < -0.4 is 10.1 Å². The summed E-state index contributed by atoms with van der Waals surface area (Å²) in [6.45, 7) is 5.34. The fourth-order valence-corrected chi connectivity index (χ4v) is 4.80. The molecule has 0 unspecified atom stereocenters. The summed E-state index contributed by atoms with van der Waals surface area (Å²) in [5, 5.41) is 3.42. The molecule has 1 saturated heterocycles. The van der Waals surface area contributed by atoms with Crippen molar-refractivity contribution in [2.24, 2.45) is 0 Å². The summed E-state index contributed by atoms with van der Waals surface area (Å²) >= 11 is 3.19. The summed E-state index contributed by atoms with van der Waals surface area (Å²) < 4.78 is 17.0. The quantitative estimate of drug-likeness (QED) is 0.358. The molecule has 2 heterocycles. The van der Waals surface area contributed by atoms with E-state index in [0.717, 1.165) is 48.2 Å². The molecule has 1 N–H and O–H groups in total. The van der Waals surface area contributed by atoms with Gasteiger partial charge in [-0.05, 0) is 73.2 Å². The monoisotopic (exact) mass is 620 g/mol. The summed E-state index contributed by atoms with van der Waals surface area (Å²) in [6.07, 6.45) is 2.30. The molecule has 7 heteroatoms. The second-order valence-corrected chi connectivity index (χ2v) is 12.6. The minimum Gasteiger partial charge on any atom is -0.442 e. The van der Waals surface area contributed by atoms with Gasteiger partial charge >= 0.3 is 1.87 Å². The van der Waals surface area contributed by atoms with E-state index in [1.54, 1.807) is 57.3 Å². The fourth-order valence-electron chi connectivity index (χ4n) is 4.29. The predicted molar refractivity (Wildman–Crippen MR) is 129 cm³/mol. The molecule has 0 atom stereocenters. The minimum atomic E-state index is -1.77. The van der Waals surface area contributed by atoms with Gasteiger partial charge < -0.3 is 15.0 Å². The van der Waals surface area contributed by atoms with Crippen LogP contribution in [-0.2, 0) is 13.1 Å². The molecule has 154 valence electrons. The zero-order valence-electron chi connectivity index (χ0n) is 16.2. The highest BCUT2D eigenvalue weighted by Gasteiger charge is 2.30. The first-order valence-electron chi connectivity index (χ1n) is 9.78. The zero-order valence-corrected chi connectivity index (χ0v) is 20.5. The van der Waals surface area contributed by atoms with Crippen molar-refractivity contribution in [1.29, 1.82) is 0 Å². The van der Waals surface area contributed by atoms with Crippen LogP contribution in [0.4, 0.5) is 4.39 Å². The fraction of sp³-hybridized carbons (Fsp3) is 0.409. The van der Waals surface area contributed by atoms with Gasteiger partial charge in [-0.25, -0.2) is 0 Å². The zero-order chi connectivity index (χ0) is 20.6. The standard InChI is InChI=1S/C22H23FI2N2O2/c1-14-10-17(16-6-8-26-9-7-16)11-18-13-27(21(28)20(14)18)12-15-2-4-19(5-3-15)29-22(23,24)25/h2-5,10-11,16,26H,6-9,12-13H2,1H3. The Morgan fingerprint density at radius 3 is 2.55 bits per heavy atom. The second-order valence-electron chi connectivity index (χ2n) is 7.75. The van der Waals surface area contributed by atoms with Crippen molar-refractivity contribution in [2.45, 2.75) is 40.6 Å². The Hall–Kier alpha value is -0.940. The van der Waals surface area contributed by atoms with Crippen LogP contribution in [0.15, 0.2) is 36.4 Å². The average Bonchev–Trinajstić information content (AvgIpc) is 2.99. The number of nitrogens with zero attached hydrogens (tertiary/aromatic N) is 1. The number of piperidine rings is 1. The molecule has 0 saturated carbocycles. The van der Waals surface area contributed by atoms with E-state index in [1.807, 2.05) is 24.0 Å². The molecule has 1 amide bonds. The summed E-state index contributed by atoms with van der Waals surface area (Å²) in [4.78, 5) is 14.9. The summed E-state index contributed by atoms with van der Waals surface area (Å²) in [7, 11) is 0. The van der Waals surface area contributed by atoms with Gasteiger partial charge in [-0.3, -0.25) is 4.79 Å². The van der Waals surface area contributed by atoms with Gasteiger partial charge in [0.25, 0.3) is 5.91 Å². The van der Waals surface area contributed by atoms with Crippen LogP contribution in [0.3, 0.4) is 0 Å². The van der Waals surface area contributed by atoms with Crippen molar-refractivity contribution >= 4 is 51.1 Å². The van der Waals surface area contributed by atoms with Gasteiger partial charge in [-0.2, -0.15) is 4.39 Å². The Bertz CT molecular complexity index is 906. The smallest absolute Gasteiger partial charge is 0.350 e. The van der Waals surface area contributed by atoms with Crippen LogP contribution in [0, 0.1) is 6.92 Å². The van der Waals surface area contributed by atoms with Gasteiger partial charge in [-0.15, -0.1) is 0 Å². The van der Waals surface area contributed by atoms with Gasteiger partial charge in [-0.1, -0.05) is 24.3 Å². The van der Waals surface area contributed by atoms with Crippen LogP contribution in [-0.4, -0.2) is 25.8 Å². The van der Waals surface area contributed by atoms with Crippen LogP contribution in [0.25, 0.3) is 0 Å². The van der Waals surface area contributed by atoms with Crippen LogP contribution in [0.5, 0.6) is 5.75 Å². The maximum atomic E-state index is 13.6. The van der Waals surface area contributed by atoms with Crippen molar-refractivity contribution in [1.82, 2.24) is 10.2 Å². The number of hydrogen-bond donors (Lipinski definition) is 1. The molecular weight excluding hydrogens is 597 g/mol. The largest absolute Gasteiger partial charge is 0.442 e. The molecule has 1 fully saturated rings. The van der Waals surface area contributed by atoms with Crippen molar-refractivity contribution in [3.63, 3.8) is 0 Å². The third-order valence-corrected chi connectivity index (χ3v) is 6.08. The number of ether oxygens (including phenoxy) is 1. The van der Waals surface area contributed by atoms with Crippen molar-refractivity contribution in [2.75, 3.05) is 13.1 Å². The van der Waals surface area contributed by atoms with Gasteiger partial charge in [0.1, 0.15) is 5.75 Å². The first kappa shape index (κ1) is 21.3. The van der Waals surface area contributed by atoms with E-state index in [-0.39, 0.29) is 5.91 Å². The maximum absolute atomic E-state index is 13.6.